The van der Waals surface area contributed by atoms with Crippen LogP contribution in [0.4, 0.5) is 26.3 Å². The molecule has 2 aromatic carbocycles. The fraction of sp³-hybridized carbons (Fsp3) is 0.435. The largest absolute Gasteiger partial charge is 0.743 e. The minimum Gasteiger partial charge on any atom is -0.743 e. The highest BCUT2D eigenvalue weighted by Crippen LogP contribution is 2.50. The summed E-state index contributed by atoms with van der Waals surface area (Å²) in [4.78, 5) is 12.4. The molecular formula is C23H23F6O8S3-. The number of thioether (sulfide) groups is 1. The smallest absolute Gasteiger partial charge is 0.450 e. The Balaban J connectivity index is 1.92. The highest BCUT2D eigenvalue weighted by Gasteiger charge is 2.81. The van der Waals surface area contributed by atoms with Crippen molar-refractivity contribution in [3.05, 3.63) is 54.1 Å². The average Bonchev–Trinajstić information content (AvgIpc) is 2.86. The van der Waals surface area contributed by atoms with E-state index in [1.165, 1.54) is 0 Å². The number of benzene rings is 2. The Hall–Kier alpha value is -2.50. The standard InChI is InChI=1S/C23H24F6O8S3/c1-3-15(2)16-6-8-17(9-7-16)36-20(30)5-4-14-38-19-12-10-18(11-13-19)37-40(34,35)23(28,29)21(24,25)22(26,27)39(31,32)33/h6-13,15H,3-5,14H2,1-2H3,(H,31,32,33)/p-1. The van der Waals surface area contributed by atoms with Gasteiger partial charge in [0.15, 0.2) is 10.1 Å². The van der Waals surface area contributed by atoms with Gasteiger partial charge in [0.05, 0.1) is 0 Å². The van der Waals surface area contributed by atoms with E-state index < -0.39 is 48.4 Å². The van der Waals surface area contributed by atoms with E-state index >= 15 is 0 Å². The topological polar surface area (TPSA) is 127 Å². The molecule has 0 spiro atoms. The molecule has 2 rings (SSSR count). The van der Waals surface area contributed by atoms with Gasteiger partial charge >= 0.3 is 32.5 Å². The number of ether oxygens (including phenoxy) is 1. The lowest BCUT2D eigenvalue weighted by atomic mass is 9.99. The highest BCUT2D eigenvalue weighted by atomic mass is 32.2. The van der Waals surface area contributed by atoms with Crippen LogP contribution in [-0.4, -0.2) is 49.5 Å². The van der Waals surface area contributed by atoms with Gasteiger partial charge in [-0.1, -0.05) is 26.0 Å². The molecule has 0 amide bonds. The second-order valence-electron chi connectivity index (χ2n) is 8.38. The monoisotopic (exact) mass is 637 g/mol. The van der Waals surface area contributed by atoms with Crippen molar-refractivity contribution in [2.24, 2.45) is 0 Å². The third kappa shape index (κ3) is 7.41. The number of alkyl halides is 6. The molecule has 40 heavy (non-hydrogen) atoms. The maximum absolute atomic E-state index is 13.9. The van der Waals surface area contributed by atoms with E-state index in [1.54, 1.807) is 12.1 Å². The predicted octanol–water partition coefficient (Wildman–Crippen LogP) is 5.75. The van der Waals surface area contributed by atoms with Crippen LogP contribution >= 0.6 is 11.8 Å². The molecule has 224 valence electrons. The van der Waals surface area contributed by atoms with Gasteiger partial charge in [0.25, 0.3) is 0 Å². The van der Waals surface area contributed by atoms with Crippen LogP contribution in [-0.2, 0) is 25.0 Å². The van der Waals surface area contributed by atoms with Crippen LogP contribution in [0.1, 0.15) is 44.6 Å². The molecule has 0 heterocycles. The summed E-state index contributed by atoms with van der Waals surface area (Å²) >= 11 is 1.14. The predicted molar refractivity (Wildman–Crippen MR) is 131 cm³/mol. The number of esters is 1. The zero-order valence-electron chi connectivity index (χ0n) is 20.8. The Bertz CT molecular complexity index is 1380. The first kappa shape index (κ1) is 33.7. The molecule has 0 saturated carbocycles. The number of halogens is 6. The summed E-state index contributed by atoms with van der Waals surface area (Å²) in [5, 5.41) is -13.8. The first-order valence-corrected chi connectivity index (χ1v) is 15.1. The molecule has 8 nitrogen and oxygen atoms in total. The quantitative estimate of drug-likeness (QED) is 0.0484. The van der Waals surface area contributed by atoms with Gasteiger partial charge in [0.1, 0.15) is 11.5 Å². The number of carbonyl (C=O) groups excluding carboxylic acids is 1. The Morgan fingerprint density at radius 1 is 0.900 bits per heavy atom. The fourth-order valence-electron chi connectivity index (χ4n) is 2.94. The molecule has 0 aliphatic heterocycles. The summed E-state index contributed by atoms with van der Waals surface area (Å²) in [7, 11) is -14.3. The lowest BCUT2D eigenvalue weighted by molar-refractivity contribution is -0.247. The van der Waals surface area contributed by atoms with Crippen molar-refractivity contribution in [3.8, 4) is 11.5 Å². The Labute approximate surface area is 230 Å². The molecule has 0 saturated heterocycles. The van der Waals surface area contributed by atoms with Crippen molar-refractivity contribution in [2.45, 2.75) is 60.4 Å². The van der Waals surface area contributed by atoms with Crippen LogP contribution in [0.25, 0.3) is 0 Å². The summed E-state index contributed by atoms with van der Waals surface area (Å²) in [5.41, 5.74) is 1.11. The zero-order valence-corrected chi connectivity index (χ0v) is 23.2. The second kappa shape index (κ2) is 12.6. The van der Waals surface area contributed by atoms with Gasteiger partial charge in [-0.3, -0.25) is 4.79 Å². The summed E-state index contributed by atoms with van der Waals surface area (Å²) in [5.74, 6) is -7.54. The van der Waals surface area contributed by atoms with Gasteiger partial charge in [-0.15, -0.1) is 11.8 Å². The van der Waals surface area contributed by atoms with Crippen molar-refractivity contribution in [1.82, 2.24) is 0 Å². The van der Waals surface area contributed by atoms with Gasteiger partial charge in [-0.05, 0) is 66.5 Å². The van der Waals surface area contributed by atoms with Gasteiger partial charge in [-0.25, -0.2) is 8.42 Å². The lowest BCUT2D eigenvalue weighted by Crippen LogP contribution is -2.61. The van der Waals surface area contributed by atoms with Gasteiger partial charge in [0.2, 0.25) is 0 Å². The SMILES string of the molecule is CCC(C)c1ccc(OC(=O)CCCSc2ccc(OS(=O)(=O)C(F)(F)C(F)(F)C(F)(F)S(=O)(=O)[O-])cc2)cc1. The van der Waals surface area contributed by atoms with E-state index in [2.05, 4.69) is 18.0 Å². The lowest BCUT2D eigenvalue weighted by Gasteiger charge is -2.32. The Morgan fingerprint density at radius 3 is 1.93 bits per heavy atom. The van der Waals surface area contributed by atoms with E-state index in [0.717, 1.165) is 48.0 Å². The van der Waals surface area contributed by atoms with Crippen LogP contribution in [0.3, 0.4) is 0 Å². The van der Waals surface area contributed by atoms with Gasteiger partial charge in [0, 0.05) is 11.3 Å². The first-order chi connectivity index (χ1) is 18.3. The zero-order chi connectivity index (χ0) is 30.6. The Morgan fingerprint density at radius 2 is 1.43 bits per heavy atom. The molecule has 1 unspecified atom stereocenters. The molecule has 0 aliphatic rings. The Kier molecular flexibility index (Phi) is 10.6. The van der Waals surface area contributed by atoms with Crippen molar-refractivity contribution in [3.63, 3.8) is 0 Å². The maximum Gasteiger partial charge on any atom is 0.450 e. The maximum atomic E-state index is 13.9. The number of hydrogen-bond acceptors (Lipinski definition) is 9. The third-order valence-corrected chi connectivity index (χ3v) is 8.75. The third-order valence-electron chi connectivity index (χ3n) is 5.48. The van der Waals surface area contributed by atoms with Gasteiger partial charge in [-0.2, -0.15) is 34.8 Å². The van der Waals surface area contributed by atoms with E-state index in [1.807, 2.05) is 12.1 Å². The first-order valence-electron chi connectivity index (χ1n) is 11.3. The van der Waals surface area contributed by atoms with E-state index in [0.29, 0.717) is 28.7 Å². The normalized spacial score (nSPS) is 14.0. The molecule has 17 heteroatoms. The van der Waals surface area contributed by atoms with Crippen LogP contribution < -0.4 is 8.92 Å². The van der Waals surface area contributed by atoms with Gasteiger partial charge < -0.3 is 13.5 Å². The molecule has 0 radical (unpaired) electrons. The van der Waals surface area contributed by atoms with E-state index in [4.69, 9.17) is 4.74 Å². The van der Waals surface area contributed by atoms with Crippen LogP contribution in [0.2, 0.25) is 0 Å². The summed E-state index contributed by atoms with van der Waals surface area (Å²) in [6.45, 7) is 4.12. The molecule has 0 aliphatic carbocycles. The summed E-state index contributed by atoms with van der Waals surface area (Å²) in [6, 6.07) is 10.8. The average molecular weight is 638 g/mol. The van der Waals surface area contributed by atoms with Crippen molar-refractivity contribution in [1.29, 1.82) is 0 Å². The number of rotatable bonds is 14. The molecule has 0 fully saturated rings. The van der Waals surface area contributed by atoms with Crippen molar-refractivity contribution >= 4 is 38.0 Å². The molecule has 2 aromatic rings. The fourth-order valence-corrected chi connectivity index (χ4v) is 5.21. The molecule has 0 bridgehead atoms. The van der Waals surface area contributed by atoms with Crippen molar-refractivity contribution in [2.75, 3.05) is 5.75 Å². The van der Waals surface area contributed by atoms with Crippen LogP contribution in [0, 0.1) is 0 Å². The summed E-state index contributed by atoms with van der Waals surface area (Å²) < 4.78 is 145. The number of hydrogen-bond donors (Lipinski definition) is 0. The highest BCUT2D eigenvalue weighted by molar-refractivity contribution is 7.99. The summed E-state index contributed by atoms with van der Waals surface area (Å²) in [6.07, 6.45) is 1.35. The number of carbonyl (C=O) groups is 1. The van der Waals surface area contributed by atoms with Crippen LogP contribution in [0.15, 0.2) is 53.4 Å². The van der Waals surface area contributed by atoms with Crippen molar-refractivity contribution < 1.29 is 61.4 Å². The molecule has 0 N–H and O–H groups in total. The second-order valence-corrected chi connectivity index (χ2v) is 12.6. The molecule has 1 atom stereocenters. The van der Waals surface area contributed by atoms with E-state index in [-0.39, 0.29) is 6.42 Å². The van der Waals surface area contributed by atoms with Crippen LogP contribution in [0.5, 0.6) is 11.5 Å². The minimum atomic E-state index is -7.39. The minimum absolute atomic E-state index is 0.0482. The molecular weight excluding hydrogens is 614 g/mol. The molecule has 0 aromatic heterocycles. The van der Waals surface area contributed by atoms with E-state index in [9.17, 15) is 52.5 Å².